The van der Waals surface area contributed by atoms with E-state index in [0.717, 1.165) is 28.3 Å². The van der Waals surface area contributed by atoms with Crippen LogP contribution in [-0.4, -0.2) is 17.2 Å². The van der Waals surface area contributed by atoms with E-state index in [9.17, 15) is 0 Å². The summed E-state index contributed by atoms with van der Waals surface area (Å²) in [6, 6.07) is 9.66. The number of thiocarbonyl (C=S) groups is 1. The Morgan fingerprint density at radius 3 is 2.79 bits per heavy atom. The zero-order valence-corrected chi connectivity index (χ0v) is 11.6. The molecular formula is C14H15N3OS. The summed E-state index contributed by atoms with van der Waals surface area (Å²) in [5.41, 5.74) is 9.28. The van der Waals surface area contributed by atoms with Gasteiger partial charge in [-0.2, -0.15) is 0 Å². The Balaban J connectivity index is 2.41. The Labute approximate surface area is 117 Å². The maximum atomic E-state index is 5.51. The number of nitrogens with two attached hydrogens (primary N) is 1. The van der Waals surface area contributed by atoms with Crippen molar-refractivity contribution in [2.45, 2.75) is 6.92 Å². The van der Waals surface area contributed by atoms with Gasteiger partial charge in [0, 0.05) is 23.5 Å². The van der Waals surface area contributed by atoms with Gasteiger partial charge in [0.25, 0.3) is 0 Å². The molecule has 1 aromatic carbocycles. The molecule has 0 saturated heterocycles. The molecule has 0 unspecified atom stereocenters. The molecule has 5 heteroatoms. The van der Waals surface area contributed by atoms with Crippen LogP contribution in [0.4, 0.5) is 5.69 Å². The highest BCUT2D eigenvalue weighted by Gasteiger charge is 2.05. The Bertz CT molecular complexity index is 613. The van der Waals surface area contributed by atoms with Gasteiger partial charge in [-0.3, -0.25) is 4.98 Å². The minimum absolute atomic E-state index is 0.249. The number of nitrogens with one attached hydrogen (secondary N) is 1. The van der Waals surface area contributed by atoms with E-state index in [4.69, 9.17) is 22.7 Å². The molecule has 0 saturated carbocycles. The molecule has 2 aromatic rings. The fourth-order valence-electron chi connectivity index (χ4n) is 1.74. The lowest BCUT2D eigenvalue weighted by atomic mass is 10.1. The van der Waals surface area contributed by atoms with Crippen molar-refractivity contribution in [2.24, 2.45) is 5.73 Å². The molecule has 4 nitrogen and oxygen atoms in total. The molecule has 1 aromatic heterocycles. The molecule has 1 heterocycles. The Kier molecular flexibility index (Phi) is 3.97. The number of methoxy groups -OCH3 is 1. The first-order chi connectivity index (χ1) is 9.10. The SMILES string of the molecule is COc1ccnc(-c2ccc(C)c(NC(N)=S)c2)c1. The maximum absolute atomic E-state index is 5.51. The van der Waals surface area contributed by atoms with Gasteiger partial charge in [-0.25, -0.2) is 0 Å². The van der Waals surface area contributed by atoms with Gasteiger partial charge in [0.2, 0.25) is 0 Å². The molecule has 0 aliphatic carbocycles. The zero-order valence-electron chi connectivity index (χ0n) is 10.8. The molecule has 0 radical (unpaired) electrons. The fourth-order valence-corrected chi connectivity index (χ4v) is 1.85. The average molecular weight is 273 g/mol. The van der Waals surface area contributed by atoms with Crippen LogP contribution in [0.5, 0.6) is 5.75 Å². The first-order valence-electron chi connectivity index (χ1n) is 5.77. The monoisotopic (exact) mass is 273 g/mol. The summed E-state index contributed by atoms with van der Waals surface area (Å²) in [6.07, 6.45) is 1.72. The zero-order chi connectivity index (χ0) is 13.8. The van der Waals surface area contributed by atoms with Crippen molar-refractivity contribution in [1.29, 1.82) is 0 Å². The summed E-state index contributed by atoms with van der Waals surface area (Å²) in [5.74, 6) is 0.773. The van der Waals surface area contributed by atoms with E-state index in [2.05, 4.69) is 10.3 Å². The Morgan fingerprint density at radius 1 is 1.32 bits per heavy atom. The standard InChI is InChI=1S/C14H15N3OS/c1-9-3-4-10(7-12(9)17-14(15)19)13-8-11(18-2)5-6-16-13/h3-8H,1-2H3,(H3,15,17,19). The van der Waals surface area contributed by atoms with E-state index >= 15 is 0 Å². The van der Waals surface area contributed by atoms with Crippen molar-refractivity contribution in [3.63, 3.8) is 0 Å². The van der Waals surface area contributed by atoms with Crippen molar-refractivity contribution in [3.8, 4) is 17.0 Å². The van der Waals surface area contributed by atoms with Crippen LogP contribution in [0.3, 0.4) is 0 Å². The molecule has 0 spiro atoms. The molecule has 0 amide bonds. The first-order valence-corrected chi connectivity index (χ1v) is 6.18. The smallest absolute Gasteiger partial charge is 0.168 e. The fraction of sp³-hybridized carbons (Fsp3) is 0.143. The summed E-state index contributed by atoms with van der Waals surface area (Å²) in [6.45, 7) is 1.99. The van der Waals surface area contributed by atoms with Gasteiger partial charge >= 0.3 is 0 Å². The molecule has 0 aliphatic heterocycles. The molecule has 0 bridgehead atoms. The summed E-state index contributed by atoms with van der Waals surface area (Å²) in [7, 11) is 1.63. The van der Waals surface area contributed by atoms with Crippen LogP contribution >= 0.6 is 12.2 Å². The van der Waals surface area contributed by atoms with Crippen LogP contribution in [0.25, 0.3) is 11.3 Å². The van der Waals surface area contributed by atoms with E-state index in [1.807, 2.05) is 37.3 Å². The second-order valence-corrected chi connectivity index (χ2v) is 4.54. The molecule has 98 valence electrons. The third-order valence-corrected chi connectivity index (χ3v) is 2.86. The van der Waals surface area contributed by atoms with Gasteiger partial charge in [0.05, 0.1) is 12.8 Å². The topological polar surface area (TPSA) is 60.2 Å². The van der Waals surface area contributed by atoms with Gasteiger partial charge in [-0.1, -0.05) is 12.1 Å². The lowest BCUT2D eigenvalue weighted by Crippen LogP contribution is -2.19. The molecular weight excluding hydrogens is 258 g/mol. The van der Waals surface area contributed by atoms with Crippen molar-refractivity contribution in [2.75, 3.05) is 12.4 Å². The van der Waals surface area contributed by atoms with Crippen molar-refractivity contribution in [3.05, 3.63) is 42.1 Å². The molecule has 0 fully saturated rings. The number of anilines is 1. The second-order valence-electron chi connectivity index (χ2n) is 4.10. The summed E-state index contributed by atoms with van der Waals surface area (Å²) in [4.78, 5) is 4.34. The maximum Gasteiger partial charge on any atom is 0.168 e. The third kappa shape index (κ3) is 3.20. The van der Waals surface area contributed by atoms with Crippen LogP contribution < -0.4 is 15.8 Å². The number of aromatic nitrogens is 1. The minimum Gasteiger partial charge on any atom is -0.497 e. The van der Waals surface area contributed by atoms with Gasteiger partial charge in [-0.05, 0) is 36.8 Å². The van der Waals surface area contributed by atoms with E-state index in [-0.39, 0.29) is 5.11 Å². The van der Waals surface area contributed by atoms with E-state index in [1.54, 1.807) is 13.3 Å². The lowest BCUT2D eigenvalue weighted by Gasteiger charge is -2.10. The van der Waals surface area contributed by atoms with Crippen LogP contribution in [0.15, 0.2) is 36.5 Å². The number of nitrogens with zero attached hydrogens (tertiary/aromatic N) is 1. The van der Waals surface area contributed by atoms with Crippen LogP contribution in [0.1, 0.15) is 5.56 Å². The Morgan fingerprint density at radius 2 is 2.11 bits per heavy atom. The number of hydrogen-bond donors (Lipinski definition) is 2. The van der Waals surface area contributed by atoms with Gasteiger partial charge in [-0.15, -0.1) is 0 Å². The first kappa shape index (κ1) is 13.3. The minimum atomic E-state index is 0.249. The van der Waals surface area contributed by atoms with Gasteiger partial charge < -0.3 is 15.8 Å². The second kappa shape index (κ2) is 5.67. The van der Waals surface area contributed by atoms with Gasteiger partial charge in [0.1, 0.15) is 5.75 Å². The third-order valence-electron chi connectivity index (χ3n) is 2.76. The quantitative estimate of drug-likeness (QED) is 0.842. The number of hydrogen-bond acceptors (Lipinski definition) is 3. The largest absolute Gasteiger partial charge is 0.497 e. The number of ether oxygens (including phenoxy) is 1. The predicted octanol–water partition coefficient (Wildman–Crippen LogP) is 2.72. The van der Waals surface area contributed by atoms with E-state index in [0.29, 0.717) is 0 Å². The Hall–Kier alpha value is -2.14. The molecule has 0 aliphatic rings. The summed E-state index contributed by atoms with van der Waals surface area (Å²) < 4.78 is 5.20. The number of rotatable bonds is 3. The molecule has 2 rings (SSSR count). The highest BCUT2D eigenvalue weighted by atomic mass is 32.1. The van der Waals surface area contributed by atoms with Gasteiger partial charge in [0.15, 0.2) is 5.11 Å². The van der Waals surface area contributed by atoms with E-state index < -0.39 is 0 Å². The molecule has 0 atom stereocenters. The number of aryl methyl sites for hydroxylation is 1. The number of benzene rings is 1. The molecule has 3 N–H and O–H groups in total. The predicted molar refractivity (Wildman–Crippen MR) is 81.4 cm³/mol. The normalized spacial score (nSPS) is 10.0. The van der Waals surface area contributed by atoms with Crippen molar-refractivity contribution < 1.29 is 4.74 Å². The van der Waals surface area contributed by atoms with Crippen LogP contribution in [0.2, 0.25) is 0 Å². The van der Waals surface area contributed by atoms with E-state index in [1.165, 1.54) is 0 Å². The molecule has 19 heavy (non-hydrogen) atoms. The highest BCUT2D eigenvalue weighted by Crippen LogP contribution is 2.26. The van der Waals surface area contributed by atoms with Crippen LogP contribution in [-0.2, 0) is 0 Å². The highest BCUT2D eigenvalue weighted by molar-refractivity contribution is 7.80. The number of pyridine rings is 1. The van der Waals surface area contributed by atoms with Crippen LogP contribution in [0, 0.1) is 6.92 Å². The summed E-state index contributed by atoms with van der Waals surface area (Å²) in [5, 5.41) is 3.21. The summed E-state index contributed by atoms with van der Waals surface area (Å²) >= 11 is 4.87. The van der Waals surface area contributed by atoms with Crippen molar-refractivity contribution in [1.82, 2.24) is 4.98 Å². The average Bonchev–Trinajstić information content (AvgIpc) is 2.41. The van der Waals surface area contributed by atoms with Crippen molar-refractivity contribution >= 4 is 23.0 Å². The lowest BCUT2D eigenvalue weighted by molar-refractivity contribution is 0.414.